The molecule has 2 aliphatic heterocycles. The summed E-state index contributed by atoms with van der Waals surface area (Å²) in [6.45, 7) is 15.3. The number of fused-ring (bicyclic) bond motifs is 2. The lowest BCUT2D eigenvalue weighted by Crippen LogP contribution is -2.29. The summed E-state index contributed by atoms with van der Waals surface area (Å²) in [5, 5.41) is 26.3. The van der Waals surface area contributed by atoms with E-state index in [2.05, 4.69) is 10.3 Å². The highest BCUT2D eigenvalue weighted by Crippen LogP contribution is 2.49. The first kappa shape index (κ1) is 45.2. The molecule has 0 spiro atoms. The molecule has 0 aliphatic carbocycles. The summed E-state index contributed by atoms with van der Waals surface area (Å²) in [5.41, 5.74) is 10.1. The van der Waals surface area contributed by atoms with E-state index in [-0.39, 0.29) is 12.3 Å². The Hall–Kier alpha value is -6.59. The number of rotatable bonds is 11. The molecular weight excluding hydrogens is 903 g/mol. The van der Waals surface area contributed by atoms with Crippen molar-refractivity contribution in [3.63, 3.8) is 0 Å². The zero-order chi connectivity index (χ0) is 48.0. The van der Waals surface area contributed by atoms with Gasteiger partial charge in [-0.2, -0.15) is 0 Å². The topological polar surface area (TPSA) is 192 Å². The lowest BCUT2D eigenvalue weighted by atomic mass is 9.88. The normalized spacial score (nSPS) is 15.6. The van der Waals surface area contributed by atoms with Gasteiger partial charge in [0.1, 0.15) is 17.6 Å². The van der Waals surface area contributed by atoms with Gasteiger partial charge in [-0.15, -0.1) is 11.3 Å². The number of nitrogens with one attached hydrogen (secondary N) is 1. The number of aliphatic carboxylic acids is 2. The largest absolute Gasteiger partial charge is 0.493 e. The number of anilines is 1. The Morgan fingerprint density at radius 2 is 1.34 bits per heavy atom. The fourth-order valence-electron chi connectivity index (χ4n) is 9.63. The molecule has 0 radical (unpaired) electrons. The third-order valence-corrected chi connectivity index (χ3v) is 14.0. The van der Waals surface area contributed by atoms with Crippen LogP contribution in [-0.4, -0.2) is 71.9 Å². The maximum atomic E-state index is 14.0. The number of carbonyl (C=O) groups is 3. The average molecular weight is 952 g/mol. The Morgan fingerprint density at radius 3 is 1.96 bits per heavy atom. The molecule has 4 aromatic carbocycles. The van der Waals surface area contributed by atoms with E-state index in [4.69, 9.17) is 33.9 Å². The van der Waals surface area contributed by atoms with Crippen LogP contribution in [0.1, 0.15) is 93.6 Å². The molecule has 3 N–H and O–H groups in total. The maximum absolute atomic E-state index is 14.0. The minimum atomic E-state index is -1.32. The molecule has 10 rings (SSSR count). The van der Waals surface area contributed by atoms with Gasteiger partial charge in [-0.05, 0) is 126 Å². The van der Waals surface area contributed by atoms with Crippen LogP contribution in [0.2, 0.25) is 0 Å². The summed E-state index contributed by atoms with van der Waals surface area (Å²) in [6.07, 6.45) is 1.51. The van der Waals surface area contributed by atoms with Gasteiger partial charge in [0.2, 0.25) is 5.91 Å². The van der Waals surface area contributed by atoms with Gasteiger partial charge < -0.3 is 34.5 Å². The number of hydrogen-bond acceptors (Lipinski definition) is 13. The van der Waals surface area contributed by atoms with E-state index in [0.29, 0.717) is 85.0 Å². The Balaban J connectivity index is 0.991. The number of pyridine rings is 2. The van der Waals surface area contributed by atoms with Gasteiger partial charge >= 0.3 is 11.9 Å². The SMILES string of the molecule is Cc1cc2ncsc2c(-c2ccc3c4c(ccnc24)CC(CC(=O)Nc2nc4cc(C)c([C@H](OC(C)(C)C)C(=O)O)c(-c5ccc6c7c(ccnc57)CCO6)c4s2)O3)c1[C@H](OC(C)(C)C)C(=O)O. The van der Waals surface area contributed by atoms with Gasteiger partial charge in [0.25, 0.3) is 0 Å². The second kappa shape index (κ2) is 16.9. The number of ether oxygens (including phenoxy) is 4. The molecule has 1 unspecified atom stereocenters. The molecular formula is C52H49N5O9S2. The van der Waals surface area contributed by atoms with Crippen LogP contribution in [0.3, 0.4) is 0 Å². The van der Waals surface area contributed by atoms with Crippen molar-refractivity contribution in [2.45, 2.75) is 104 Å². The number of carbonyl (C=O) groups excluding carboxylic acids is 1. The molecule has 0 bridgehead atoms. The number of hydrogen-bond donors (Lipinski definition) is 3. The lowest BCUT2D eigenvalue weighted by Gasteiger charge is -2.29. The minimum Gasteiger partial charge on any atom is -0.493 e. The van der Waals surface area contributed by atoms with E-state index >= 15 is 0 Å². The third-order valence-electron chi connectivity index (χ3n) is 12.2. The van der Waals surface area contributed by atoms with E-state index in [9.17, 15) is 24.6 Å². The molecule has 0 saturated heterocycles. The highest BCUT2D eigenvalue weighted by molar-refractivity contribution is 7.23. The average Bonchev–Trinajstić information content (AvgIpc) is 3.90. The fourth-order valence-corrected chi connectivity index (χ4v) is 11.5. The number of nitrogens with zero attached hydrogens (tertiary/aromatic N) is 4. The van der Waals surface area contributed by atoms with Gasteiger partial charge in [0, 0.05) is 69.4 Å². The predicted molar refractivity (Wildman–Crippen MR) is 263 cm³/mol. The smallest absolute Gasteiger partial charge is 0.337 e. The zero-order valence-electron chi connectivity index (χ0n) is 38.8. The number of amides is 1. The number of thiazole rings is 2. The van der Waals surface area contributed by atoms with Crippen molar-refractivity contribution in [2.75, 3.05) is 11.9 Å². The van der Waals surface area contributed by atoms with Gasteiger partial charge in [-0.3, -0.25) is 14.8 Å². The lowest BCUT2D eigenvalue weighted by molar-refractivity contribution is -0.161. The van der Waals surface area contributed by atoms with Crippen LogP contribution in [0.4, 0.5) is 5.13 Å². The quantitative estimate of drug-likeness (QED) is 0.111. The van der Waals surface area contributed by atoms with Crippen molar-refractivity contribution in [1.29, 1.82) is 0 Å². The van der Waals surface area contributed by atoms with Crippen LogP contribution < -0.4 is 14.8 Å². The van der Waals surface area contributed by atoms with Crippen LogP contribution in [0.25, 0.3) is 64.5 Å². The van der Waals surface area contributed by atoms with Gasteiger partial charge in [-0.1, -0.05) is 11.3 Å². The fraction of sp³-hybridized carbons (Fsp3) is 0.327. The summed E-state index contributed by atoms with van der Waals surface area (Å²) < 4.78 is 26.6. The summed E-state index contributed by atoms with van der Waals surface area (Å²) in [5.74, 6) is -1.27. The first-order valence-electron chi connectivity index (χ1n) is 22.4. The van der Waals surface area contributed by atoms with E-state index in [1.54, 1.807) is 17.9 Å². The first-order chi connectivity index (χ1) is 32.3. The van der Waals surface area contributed by atoms with Crippen LogP contribution in [0.15, 0.2) is 66.4 Å². The molecule has 14 nitrogen and oxygen atoms in total. The van der Waals surface area contributed by atoms with Crippen LogP contribution >= 0.6 is 22.7 Å². The van der Waals surface area contributed by atoms with Crippen molar-refractivity contribution in [3.05, 3.63) is 99.8 Å². The number of aromatic nitrogens is 4. The van der Waals surface area contributed by atoms with Gasteiger partial charge in [0.05, 0.1) is 61.2 Å². The number of carboxylic acid groups (broad SMARTS) is 2. The van der Waals surface area contributed by atoms with Crippen molar-refractivity contribution in [2.24, 2.45) is 0 Å². The Kier molecular flexibility index (Phi) is 11.2. The molecule has 8 aromatic rings. The van der Waals surface area contributed by atoms with E-state index in [1.807, 2.05) is 104 Å². The second-order valence-corrected chi connectivity index (χ2v) is 21.2. The second-order valence-electron chi connectivity index (χ2n) is 19.3. The standard InChI is InChI=1S/C52H49N5O9S2/c1-24-19-31-46(67-23-55-31)40(36(24)44(48(59)60)65-51(3,4)5)29-10-12-34-39-27(14-17-54-43(29)39)21-28(64-34)22-35(58)57-50-56-32-20-25(2)37(45(49(61)62)66-52(6,7)8)41(47(32)68-50)30-9-11-33-38-26(15-18-63-33)13-16-53-42(30)38/h9-14,16-17,19-20,23,28,44-45H,15,18,21-22H2,1-8H3,(H,59,60)(H,61,62)(H,56,57,58)/t28?,44-,45-/m0/s1. The van der Waals surface area contributed by atoms with Crippen LogP contribution in [-0.2, 0) is 36.7 Å². The number of benzene rings is 4. The monoisotopic (exact) mass is 951 g/mol. The Bertz CT molecular complexity index is 3380. The molecule has 68 heavy (non-hydrogen) atoms. The van der Waals surface area contributed by atoms with Crippen LogP contribution in [0, 0.1) is 13.8 Å². The number of aryl methyl sites for hydroxylation is 2. The predicted octanol–water partition coefficient (Wildman–Crippen LogP) is 11.1. The van der Waals surface area contributed by atoms with Crippen molar-refractivity contribution in [3.8, 4) is 33.8 Å². The number of carboxylic acids is 2. The zero-order valence-corrected chi connectivity index (χ0v) is 40.4. The molecule has 3 atom stereocenters. The molecule has 0 fully saturated rings. The Morgan fingerprint density at radius 1 is 0.765 bits per heavy atom. The molecule has 1 amide bonds. The molecule has 348 valence electrons. The van der Waals surface area contributed by atoms with Crippen molar-refractivity contribution in [1.82, 2.24) is 19.9 Å². The van der Waals surface area contributed by atoms with Crippen molar-refractivity contribution < 1.29 is 43.5 Å². The van der Waals surface area contributed by atoms with Gasteiger partial charge in [0.15, 0.2) is 17.3 Å². The summed E-state index contributed by atoms with van der Waals surface area (Å²) >= 11 is 2.69. The van der Waals surface area contributed by atoms with Gasteiger partial charge in [-0.25, -0.2) is 19.6 Å². The molecule has 4 aromatic heterocycles. The van der Waals surface area contributed by atoms with E-state index in [0.717, 1.165) is 49.0 Å². The highest BCUT2D eigenvalue weighted by atomic mass is 32.1. The van der Waals surface area contributed by atoms with Crippen LogP contribution in [0.5, 0.6) is 11.5 Å². The molecule has 6 heterocycles. The third kappa shape index (κ3) is 8.18. The van der Waals surface area contributed by atoms with E-state index in [1.165, 1.54) is 22.7 Å². The minimum absolute atomic E-state index is 0.00528. The molecule has 0 saturated carbocycles. The Labute approximate surface area is 399 Å². The first-order valence-corrected chi connectivity index (χ1v) is 24.1. The van der Waals surface area contributed by atoms with Crippen molar-refractivity contribution >= 4 is 87.9 Å². The highest BCUT2D eigenvalue weighted by Gasteiger charge is 2.36. The molecule has 2 aliphatic rings. The maximum Gasteiger partial charge on any atom is 0.337 e. The molecule has 16 heteroatoms. The summed E-state index contributed by atoms with van der Waals surface area (Å²) in [4.78, 5) is 59.2. The summed E-state index contributed by atoms with van der Waals surface area (Å²) in [7, 11) is 0. The van der Waals surface area contributed by atoms with E-state index < -0.39 is 41.5 Å². The summed E-state index contributed by atoms with van der Waals surface area (Å²) in [6, 6.07) is 15.2.